The predicted molar refractivity (Wildman–Crippen MR) is 91.1 cm³/mol. The van der Waals surface area contributed by atoms with Gasteiger partial charge in [0.15, 0.2) is 0 Å². The molecule has 0 aromatic carbocycles. The first-order chi connectivity index (χ1) is 9.96. The van der Waals surface area contributed by atoms with Gasteiger partial charge >= 0.3 is 0 Å². The molecule has 1 saturated carbocycles. The van der Waals surface area contributed by atoms with Crippen LogP contribution in [0.15, 0.2) is 35.5 Å². The topological polar surface area (TPSA) is 20.2 Å². The minimum Gasteiger partial charge on any atom is -0.392 e. The predicted octanol–water partition coefficient (Wildman–Crippen LogP) is 5.42. The average Bonchev–Trinajstić information content (AvgIpc) is 2.76. The third kappa shape index (κ3) is 3.88. The van der Waals surface area contributed by atoms with Crippen molar-refractivity contribution >= 4 is 0 Å². The highest BCUT2D eigenvalue weighted by Crippen LogP contribution is 2.53. The van der Waals surface area contributed by atoms with E-state index in [1.165, 1.54) is 42.4 Å². The van der Waals surface area contributed by atoms with Gasteiger partial charge in [0.25, 0.3) is 0 Å². The van der Waals surface area contributed by atoms with Crippen LogP contribution in [0.3, 0.4) is 0 Å². The van der Waals surface area contributed by atoms with Crippen LogP contribution in [0.25, 0.3) is 0 Å². The van der Waals surface area contributed by atoms with E-state index in [0.29, 0.717) is 17.3 Å². The minimum atomic E-state index is 0.226. The van der Waals surface area contributed by atoms with E-state index >= 15 is 0 Å². The first-order valence-corrected chi connectivity index (χ1v) is 8.56. The lowest BCUT2D eigenvalue weighted by molar-refractivity contribution is 0.192. The summed E-state index contributed by atoms with van der Waals surface area (Å²) in [6.45, 7) is 11.4. The van der Waals surface area contributed by atoms with Crippen molar-refractivity contribution in [1.29, 1.82) is 0 Å². The quantitative estimate of drug-likeness (QED) is 0.672. The molecule has 1 fully saturated rings. The van der Waals surface area contributed by atoms with E-state index in [9.17, 15) is 5.11 Å². The van der Waals surface area contributed by atoms with Crippen molar-refractivity contribution < 1.29 is 5.11 Å². The first kappa shape index (κ1) is 16.5. The highest BCUT2D eigenvalue weighted by Gasteiger charge is 2.44. The van der Waals surface area contributed by atoms with Crippen LogP contribution in [0, 0.1) is 17.3 Å². The third-order valence-electron chi connectivity index (χ3n) is 5.91. The molecule has 0 aromatic heterocycles. The Morgan fingerprint density at radius 2 is 2.10 bits per heavy atom. The van der Waals surface area contributed by atoms with Crippen molar-refractivity contribution in [2.45, 2.75) is 65.7 Å². The second-order valence-electron chi connectivity index (χ2n) is 7.60. The Bertz CT molecular complexity index is 443. The van der Waals surface area contributed by atoms with Gasteiger partial charge in [0.2, 0.25) is 0 Å². The van der Waals surface area contributed by atoms with Crippen molar-refractivity contribution in [3.63, 3.8) is 0 Å². The highest BCUT2D eigenvalue weighted by molar-refractivity contribution is 5.13. The number of rotatable bonds is 2. The normalized spacial score (nSPS) is 39.4. The monoisotopic (exact) mass is 288 g/mol. The van der Waals surface area contributed by atoms with E-state index in [4.69, 9.17) is 0 Å². The summed E-state index contributed by atoms with van der Waals surface area (Å²) in [5, 5.41) is 9.59. The number of aliphatic hydroxyl groups excluding tert-OH is 1. The maximum Gasteiger partial charge on any atom is 0.0641 e. The number of fused-ring (bicyclic) bond motifs is 1. The molecule has 0 spiro atoms. The molecule has 21 heavy (non-hydrogen) atoms. The molecule has 0 radical (unpaired) electrons. The van der Waals surface area contributed by atoms with Crippen molar-refractivity contribution in [1.82, 2.24) is 0 Å². The van der Waals surface area contributed by atoms with Gasteiger partial charge in [0.1, 0.15) is 0 Å². The fourth-order valence-corrected chi connectivity index (χ4v) is 4.35. The van der Waals surface area contributed by atoms with Crippen LogP contribution in [0.2, 0.25) is 0 Å². The van der Waals surface area contributed by atoms with Gasteiger partial charge in [-0.2, -0.15) is 0 Å². The maximum absolute atomic E-state index is 9.59. The second kappa shape index (κ2) is 6.96. The Hall–Kier alpha value is -0.820. The van der Waals surface area contributed by atoms with Gasteiger partial charge in [-0.05, 0) is 81.6 Å². The molecular formula is C20H32O. The van der Waals surface area contributed by atoms with Gasteiger partial charge in [0.05, 0.1) is 6.61 Å². The molecule has 0 amide bonds. The van der Waals surface area contributed by atoms with Crippen LogP contribution in [-0.4, -0.2) is 11.7 Å². The Morgan fingerprint density at radius 3 is 2.76 bits per heavy atom. The summed E-state index contributed by atoms with van der Waals surface area (Å²) >= 11 is 0. The zero-order chi connectivity index (χ0) is 15.5. The Balaban J connectivity index is 2.26. The van der Waals surface area contributed by atoms with E-state index in [-0.39, 0.29) is 6.61 Å². The maximum atomic E-state index is 9.59. The second-order valence-corrected chi connectivity index (χ2v) is 7.60. The Labute approximate surface area is 130 Å². The van der Waals surface area contributed by atoms with Gasteiger partial charge in [-0.25, -0.2) is 0 Å². The smallest absolute Gasteiger partial charge is 0.0641 e. The summed E-state index contributed by atoms with van der Waals surface area (Å²) in [5.74, 6) is 1.39. The first-order valence-electron chi connectivity index (χ1n) is 8.56. The van der Waals surface area contributed by atoms with E-state index in [0.717, 1.165) is 19.3 Å². The summed E-state index contributed by atoms with van der Waals surface area (Å²) in [6.07, 6.45) is 13.0. The molecule has 0 aromatic rings. The molecule has 3 atom stereocenters. The molecule has 118 valence electrons. The van der Waals surface area contributed by atoms with Crippen LogP contribution in [-0.2, 0) is 0 Å². The number of aliphatic hydroxyl groups is 1. The zero-order valence-electron chi connectivity index (χ0n) is 14.1. The van der Waals surface area contributed by atoms with Crippen molar-refractivity contribution in [2.75, 3.05) is 6.61 Å². The molecule has 2 aliphatic carbocycles. The third-order valence-corrected chi connectivity index (χ3v) is 5.91. The number of hydrogen-bond acceptors (Lipinski definition) is 1. The highest BCUT2D eigenvalue weighted by atomic mass is 16.3. The summed E-state index contributed by atoms with van der Waals surface area (Å²) in [4.78, 5) is 0. The molecule has 1 N–H and O–H groups in total. The fourth-order valence-electron chi connectivity index (χ4n) is 4.35. The zero-order valence-corrected chi connectivity index (χ0v) is 14.1. The van der Waals surface area contributed by atoms with Gasteiger partial charge < -0.3 is 5.11 Å². The van der Waals surface area contributed by atoms with Crippen molar-refractivity contribution in [3.8, 4) is 0 Å². The average molecular weight is 288 g/mol. The van der Waals surface area contributed by atoms with Crippen LogP contribution in [0.1, 0.15) is 65.7 Å². The molecule has 1 nitrogen and oxygen atoms in total. The molecule has 0 aliphatic heterocycles. The van der Waals surface area contributed by atoms with Crippen LogP contribution >= 0.6 is 0 Å². The van der Waals surface area contributed by atoms with E-state index in [2.05, 4.69) is 39.5 Å². The lowest BCUT2D eigenvalue weighted by Crippen LogP contribution is -2.25. The fraction of sp³-hybridized carbons (Fsp3) is 0.700. The van der Waals surface area contributed by atoms with E-state index in [1.807, 2.05) is 0 Å². The molecule has 2 aliphatic rings. The molecular weight excluding hydrogens is 256 g/mol. The van der Waals surface area contributed by atoms with E-state index < -0.39 is 0 Å². The molecule has 0 unspecified atom stereocenters. The van der Waals surface area contributed by atoms with Gasteiger partial charge in [-0.15, -0.1) is 0 Å². The van der Waals surface area contributed by atoms with Crippen molar-refractivity contribution in [3.05, 3.63) is 35.5 Å². The number of hydrogen-bond donors (Lipinski definition) is 1. The Morgan fingerprint density at radius 1 is 1.33 bits per heavy atom. The van der Waals surface area contributed by atoms with Gasteiger partial charge in [-0.1, -0.05) is 36.8 Å². The SMILES string of the molecule is C=C(C)[C@H]1CC[C@]2(C)C/C=C(\C)CC/C=C(/CO)CC[C@@H]12. The molecule has 2 rings (SSSR count). The lowest BCUT2D eigenvalue weighted by Gasteiger charge is -2.34. The summed E-state index contributed by atoms with van der Waals surface area (Å²) in [6, 6.07) is 0. The largest absolute Gasteiger partial charge is 0.392 e. The van der Waals surface area contributed by atoms with Crippen molar-refractivity contribution in [2.24, 2.45) is 17.3 Å². The lowest BCUT2D eigenvalue weighted by atomic mass is 9.70. The van der Waals surface area contributed by atoms with Crippen LogP contribution in [0.5, 0.6) is 0 Å². The summed E-state index contributed by atoms with van der Waals surface area (Å²) in [7, 11) is 0. The van der Waals surface area contributed by atoms with Gasteiger partial charge in [-0.3, -0.25) is 0 Å². The molecule has 0 bridgehead atoms. The minimum absolute atomic E-state index is 0.226. The van der Waals surface area contributed by atoms with Crippen LogP contribution < -0.4 is 0 Å². The summed E-state index contributed by atoms with van der Waals surface area (Å²) in [5.41, 5.74) is 4.51. The molecule has 0 heterocycles. The molecule has 0 saturated heterocycles. The van der Waals surface area contributed by atoms with Crippen LogP contribution in [0.4, 0.5) is 0 Å². The van der Waals surface area contributed by atoms with Gasteiger partial charge in [0, 0.05) is 0 Å². The Kier molecular flexibility index (Phi) is 5.48. The molecule has 1 heteroatoms. The van der Waals surface area contributed by atoms with E-state index in [1.54, 1.807) is 0 Å². The summed E-state index contributed by atoms with van der Waals surface area (Å²) < 4.78 is 0. The standard InChI is InChI=1S/C20H32O/c1-15(2)18-11-13-20(4)12-10-16(3)6-5-7-17(14-21)8-9-19(18)20/h7,10,18-19,21H,1,5-6,8-9,11-14H2,2-4H3/b16-10+,17-7+/t18-,19+,20+/m1/s1. The number of allylic oxidation sites excluding steroid dienone is 4.